The molecule has 0 saturated heterocycles. The van der Waals surface area contributed by atoms with Gasteiger partial charge >= 0.3 is 0 Å². The highest BCUT2D eigenvalue weighted by Crippen LogP contribution is 2.02. The molecule has 0 N–H and O–H groups in total. The van der Waals surface area contributed by atoms with Gasteiger partial charge in [0.25, 0.3) is 0 Å². The van der Waals surface area contributed by atoms with Gasteiger partial charge in [0, 0.05) is 13.2 Å². The summed E-state index contributed by atoms with van der Waals surface area (Å²) in [7, 11) is 0. The molecule has 0 unspecified atom stereocenters. The highest BCUT2D eigenvalue weighted by molar-refractivity contribution is 4.50. The van der Waals surface area contributed by atoms with Crippen LogP contribution in [0.5, 0.6) is 0 Å². The summed E-state index contributed by atoms with van der Waals surface area (Å²) >= 11 is 0. The molecule has 0 aliphatic rings. The van der Waals surface area contributed by atoms with Crippen molar-refractivity contribution in [3.8, 4) is 0 Å². The second kappa shape index (κ2) is 12.0. The minimum Gasteiger partial charge on any atom is -0.380 e. The van der Waals surface area contributed by atoms with Crippen molar-refractivity contribution in [3.63, 3.8) is 0 Å². The van der Waals surface area contributed by atoms with Crippen molar-refractivity contribution in [1.82, 2.24) is 4.90 Å². The first-order chi connectivity index (χ1) is 7.35. The second-order valence-corrected chi connectivity index (χ2v) is 4.05. The molecule has 0 amide bonds. The zero-order valence-electron chi connectivity index (χ0n) is 10.9. The Morgan fingerprint density at radius 1 is 0.800 bits per heavy atom. The van der Waals surface area contributed by atoms with E-state index in [-0.39, 0.29) is 0 Å². The van der Waals surface area contributed by atoms with Crippen molar-refractivity contribution in [2.75, 3.05) is 32.8 Å². The monoisotopic (exact) mass is 215 g/mol. The van der Waals surface area contributed by atoms with Gasteiger partial charge in [-0.2, -0.15) is 0 Å². The molecule has 0 aromatic rings. The summed E-state index contributed by atoms with van der Waals surface area (Å²) in [5.74, 6) is 0. The van der Waals surface area contributed by atoms with E-state index in [0.29, 0.717) is 0 Å². The van der Waals surface area contributed by atoms with Crippen molar-refractivity contribution >= 4 is 0 Å². The van der Waals surface area contributed by atoms with Crippen molar-refractivity contribution in [2.24, 2.45) is 0 Å². The predicted octanol–water partition coefficient (Wildman–Crippen LogP) is 3.32. The van der Waals surface area contributed by atoms with Crippen LogP contribution >= 0.6 is 0 Å². The van der Waals surface area contributed by atoms with Gasteiger partial charge in [0.1, 0.15) is 0 Å². The number of likely N-dealkylation sites (N-methyl/N-ethyl adjacent to an activating group) is 1. The lowest BCUT2D eigenvalue weighted by atomic mass is 10.2. The Hall–Kier alpha value is -0.0800. The van der Waals surface area contributed by atoms with Gasteiger partial charge in [-0.05, 0) is 19.5 Å². The molecule has 0 saturated carbocycles. The first kappa shape index (κ1) is 14.9. The van der Waals surface area contributed by atoms with Crippen LogP contribution < -0.4 is 0 Å². The average molecular weight is 215 g/mol. The van der Waals surface area contributed by atoms with Crippen LogP contribution in [0.25, 0.3) is 0 Å². The average Bonchev–Trinajstić information content (AvgIpc) is 2.27. The van der Waals surface area contributed by atoms with Gasteiger partial charge in [-0.1, -0.05) is 46.5 Å². The third-order valence-corrected chi connectivity index (χ3v) is 2.84. The van der Waals surface area contributed by atoms with Crippen molar-refractivity contribution in [3.05, 3.63) is 0 Å². The largest absolute Gasteiger partial charge is 0.380 e. The van der Waals surface area contributed by atoms with E-state index in [9.17, 15) is 0 Å². The molecule has 0 aliphatic carbocycles. The molecule has 0 radical (unpaired) electrons. The molecule has 0 bridgehead atoms. The van der Waals surface area contributed by atoms with E-state index in [1.54, 1.807) is 0 Å². The lowest BCUT2D eigenvalue weighted by molar-refractivity contribution is 0.104. The maximum Gasteiger partial charge on any atom is 0.0593 e. The fourth-order valence-electron chi connectivity index (χ4n) is 1.64. The Bertz CT molecular complexity index is 113. The van der Waals surface area contributed by atoms with E-state index < -0.39 is 0 Å². The standard InChI is InChI=1S/C13H29NO/c1-4-7-8-9-10-12-15-13-11-14(5-2)6-3/h4-13H2,1-3H3. The number of ether oxygens (including phenoxy) is 1. The third-order valence-electron chi connectivity index (χ3n) is 2.84. The van der Waals surface area contributed by atoms with E-state index in [0.717, 1.165) is 32.8 Å². The molecule has 0 fully saturated rings. The Morgan fingerprint density at radius 3 is 2.07 bits per heavy atom. The number of rotatable bonds is 11. The topological polar surface area (TPSA) is 12.5 Å². The molecule has 92 valence electrons. The molecular weight excluding hydrogens is 186 g/mol. The Balaban J connectivity index is 3.04. The molecule has 0 aromatic heterocycles. The SMILES string of the molecule is CCCCCCCOCCN(CC)CC. The third kappa shape index (κ3) is 10.2. The van der Waals surface area contributed by atoms with Gasteiger partial charge in [0.05, 0.1) is 6.61 Å². The smallest absolute Gasteiger partial charge is 0.0593 e. The van der Waals surface area contributed by atoms with Crippen LogP contribution in [-0.2, 0) is 4.74 Å². The van der Waals surface area contributed by atoms with Crippen LogP contribution in [0.4, 0.5) is 0 Å². The lowest BCUT2D eigenvalue weighted by Crippen LogP contribution is -2.27. The zero-order valence-corrected chi connectivity index (χ0v) is 10.9. The van der Waals surface area contributed by atoms with Gasteiger partial charge in [-0.15, -0.1) is 0 Å². The van der Waals surface area contributed by atoms with Gasteiger partial charge in [-0.25, -0.2) is 0 Å². The number of unbranched alkanes of at least 4 members (excludes halogenated alkanes) is 4. The summed E-state index contributed by atoms with van der Waals surface area (Å²) in [6, 6.07) is 0. The number of nitrogens with zero attached hydrogens (tertiary/aromatic N) is 1. The van der Waals surface area contributed by atoms with E-state index in [2.05, 4.69) is 25.7 Å². The first-order valence-corrected chi connectivity index (χ1v) is 6.65. The molecule has 0 aromatic carbocycles. The number of hydrogen-bond donors (Lipinski definition) is 0. The molecule has 2 heteroatoms. The quantitative estimate of drug-likeness (QED) is 0.490. The Labute approximate surface area is 96.0 Å². The van der Waals surface area contributed by atoms with E-state index >= 15 is 0 Å². The van der Waals surface area contributed by atoms with E-state index in [4.69, 9.17) is 4.74 Å². The predicted molar refractivity (Wildman–Crippen MR) is 67.4 cm³/mol. The fraction of sp³-hybridized carbons (Fsp3) is 1.00. The zero-order chi connectivity index (χ0) is 11.4. The van der Waals surface area contributed by atoms with Crippen LogP contribution in [0, 0.1) is 0 Å². The summed E-state index contributed by atoms with van der Waals surface area (Å²) in [6.07, 6.45) is 6.63. The van der Waals surface area contributed by atoms with E-state index in [1.807, 2.05) is 0 Å². The Kier molecular flexibility index (Phi) is 11.9. The van der Waals surface area contributed by atoms with Crippen molar-refractivity contribution < 1.29 is 4.74 Å². The molecule has 0 aliphatic heterocycles. The van der Waals surface area contributed by atoms with Gasteiger partial charge in [0.2, 0.25) is 0 Å². The van der Waals surface area contributed by atoms with Crippen LogP contribution in [0.2, 0.25) is 0 Å². The van der Waals surface area contributed by atoms with Crippen molar-refractivity contribution in [1.29, 1.82) is 0 Å². The highest BCUT2D eigenvalue weighted by atomic mass is 16.5. The van der Waals surface area contributed by atoms with E-state index in [1.165, 1.54) is 32.1 Å². The van der Waals surface area contributed by atoms with Gasteiger partial charge < -0.3 is 9.64 Å². The maximum atomic E-state index is 5.61. The van der Waals surface area contributed by atoms with Gasteiger partial charge in [0.15, 0.2) is 0 Å². The fourth-order valence-corrected chi connectivity index (χ4v) is 1.64. The molecular formula is C13H29NO. The summed E-state index contributed by atoms with van der Waals surface area (Å²) in [5, 5.41) is 0. The number of hydrogen-bond acceptors (Lipinski definition) is 2. The molecule has 0 heterocycles. The van der Waals surface area contributed by atoms with Crippen LogP contribution in [-0.4, -0.2) is 37.7 Å². The van der Waals surface area contributed by atoms with Gasteiger partial charge in [-0.3, -0.25) is 0 Å². The Morgan fingerprint density at radius 2 is 1.47 bits per heavy atom. The van der Waals surface area contributed by atoms with Crippen LogP contribution in [0.3, 0.4) is 0 Å². The molecule has 2 nitrogen and oxygen atoms in total. The minimum absolute atomic E-state index is 0.898. The normalized spacial score (nSPS) is 11.2. The lowest BCUT2D eigenvalue weighted by Gasteiger charge is -2.17. The molecule has 15 heavy (non-hydrogen) atoms. The summed E-state index contributed by atoms with van der Waals surface area (Å²) in [6.45, 7) is 11.9. The highest BCUT2D eigenvalue weighted by Gasteiger charge is 1.97. The molecule has 0 rings (SSSR count). The van der Waals surface area contributed by atoms with Crippen molar-refractivity contribution in [2.45, 2.75) is 52.9 Å². The first-order valence-electron chi connectivity index (χ1n) is 6.65. The maximum absolute atomic E-state index is 5.61. The van der Waals surface area contributed by atoms with Crippen LogP contribution in [0.1, 0.15) is 52.9 Å². The van der Waals surface area contributed by atoms with Crippen LogP contribution in [0.15, 0.2) is 0 Å². The second-order valence-electron chi connectivity index (χ2n) is 4.05. The minimum atomic E-state index is 0.898. The summed E-state index contributed by atoms with van der Waals surface area (Å²) in [4.78, 5) is 2.40. The summed E-state index contributed by atoms with van der Waals surface area (Å²) < 4.78 is 5.61. The molecule has 0 atom stereocenters. The molecule has 0 spiro atoms. The summed E-state index contributed by atoms with van der Waals surface area (Å²) in [5.41, 5.74) is 0.